The molecule has 2 aromatic rings. The van der Waals surface area contributed by atoms with Crippen molar-refractivity contribution in [1.29, 1.82) is 0 Å². The lowest BCUT2D eigenvalue weighted by atomic mass is 9.84. The Hall–Kier alpha value is -2.89. The zero-order valence-electron chi connectivity index (χ0n) is 14.4. The van der Waals surface area contributed by atoms with E-state index in [2.05, 4.69) is 5.32 Å². The number of amides is 2. The van der Waals surface area contributed by atoms with Crippen molar-refractivity contribution in [2.75, 3.05) is 23.9 Å². The van der Waals surface area contributed by atoms with Gasteiger partial charge in [0, 0.05) is 42.7 Å². The Morgan fingerprint density at radius 3 is 2.77 bits per heavy atom. The second kappa shape index (κ2) is 6.44. The molecule has 2 heterocycles. The van der Waals surface area contributed by atoms with E-state index < -0.39 is 5.82 Å². The van der Waals surface area contributed by atoms with Gasteiger partial charge in [0.2, 0.25) is 11.8 Å². The Bertz CT molecular complexity index is 897. The largest absolute Gasteiger partial charge is 0.497 e. The van der Waals surface area contributed by atoms with Crippen LogP contribution in [0.3, 0.4) is 0 Å². The van der Waals surface area contributed by atoms with Gasteiger partial charge in [0.1, 0.15) is 11.6 Å². The lowest BCUT2D eigenvalue weighted by Gasteiger charge is -2.28. The van der Waals surface area contributed by atoms with Gasteiger partial charge in [-0.05, 0) is 41.8 Å². The molecule has 134 valence electrons. The zero-order valence-corrected chi connectivity index (χ0v) is 14.4. The van der Waals surface area contributed by atoms with Crippen molar-refractivity contribution in [3.8, 4) is 5.75 Å². The van der Waals surface area contributed by atoms with Crippen LogP contribution >= 0.6 is 0 Å². The molecule has 1 unspecified atom stereocenters. The van der Waals surface area contributed by atoms with E-state index in [0.717, 1.165) is 17.7 Å². The number of fused-ring (bicyclic) bond motifs is 1. The first-order chi connectivity index (χ1) is 12.5. The molecule has 0 aliphatic carbocycles. The summed E-state index contributed by atoms with van der Waals surface area (Å²) in [5.74, 6) is -0.265. The van der Waals surface area contributed by atoms with Crippen molar-refractivity contribution < 1.29 is 18.7 Å². The van der Waals surface area contributed by atoms with E-state index in [1.807, 2.05) is 18.2 Å². The summed E-state index contributed by atoms with van der Waals surface area (Å²) < 4.78 is 19.1. The summed E-state index contributed by atoms with van der Waals surface area (Å²) in [6.07, 6.45) is 1.63. The van der Waals surface area contributed by atoms with Crippen LogP contribution in [0.1, 0.15) is 36.3 Å². The molecule has 6 heteroatoms. The van der Waals surface area contributed by atoms with E-state index in [4.69, 9.17) is 4.74 Å². The molecule has 2 amide bonds. The van der Waals surface area contributed by atoms with Gasteiger partial charge in [-0.25, -0.2) is 4.39 Å². The number of ether oxygens (including phenoxy) is 1. The van der Waals surface area contributed by atoms with Gasteiger partial charge < -0.3 is 15.0 Å². The summed E-state index contributed by atoms with van der Waals surface area (Å²) in [6.45, 7) is 0.691. The molecule has 0 bridgehead atoms. The van der Waals surface area contributed by atoms with Crippen LogP contribution in [0.4, 0.5) is 15.8 Å². The van der Waals surface area contributed by atoms with Crippen molar-refractivity contribution in [2.24, 2.45) is 0 Å². The first kappa shape index (κ1) is 16.6. The number of halogens is 1. The van der Waals surface area contributed by atoms with E-state index >= 15 is 0 Å². The molecule has 1 fully saturated rings. The van der Waals surface area contributed by atoms with Crippen molar-refractivity contribution in [3.63, 3.8) is 0 Å². The van der Waals surface area contributed by atoms with Crippen LogP contribution in [0.15, 0.2) is 36.4 Å². The predicted molar refractivity (Wildman–Crippen MR) is 96.1 cm³/mol. The van der Waals surface area contributed by atoms with Gasteiger partial charge in [0.25, 0.3) is 0 Å². The molecule has 4 rings (SSSR count). The molecular formula is C20H19FN2O3. The molecule has 0 saturated carbocycles. The lowest BCUT2D eigenvalue weighted by Crippen LogP contribution is -2.26. The van der Waals surface area contributed by atoms with Crippen LogP contribution in [0.2, 0.25) is 0 Å². The molecule has 5 nitrogen and oxygen atoms in total. The molecule has 0 spiro atoms. The standard InChI is InChI=1S/C20H19FN2O3/c1-26-15-8-12(7-13(21)9-15)17-11-19(24)22-18-10-14(4-5-16(17)18)23-6-2-3-20(23)25/h4-5,7-10,17H,2-3,6,11H2,1H3,(H,22,24). The SMILES string of the molecule is COc1cc(F)cc(C2CC(=O)Nc3cc(N4CCCC4=O)ccc32)c1. The topological polar surface area (TPSA) is 58.6 Å². The fraction of sp³-hybridized carbons (Fsp3) is 0.300. The third-order valence-corrected chi connectivity index (χ3v) is 4.99. The number of carbonyl (C=O) groups excluding carboxylic acids is 2. The summed E-state index contributed by atoms with van der Waals surface area (Å²) >= 11 is 0. The van der Waals surface area contributed by atoms with Gasteiger partial charge in [-0.15, -0.1) is 0 Å². The number of nitrogens with one attached hydrogen (secondary N) is 1. The van der Waals surface area contributed by atoms with Crippen LogP contribution in [0.5, 0.6) is 5.75 Å². The van der Waals surface area contributed by atoms with E-state index in [1.54, 1.807) is 11.0 Å². The van der Waals surface area contributed by atoms with Crippen LogP contribution in [-0.4, -0.2) is 25.5 Å². The number of rotatable bonds is 3. The highest BCUT2D eigenvalue weighted by Crippen LogP contribution is 2.40. The first-order valence-electron chi connectivity index (χ1n) is 8.64. The Morgan fingerprint density at radius 2 is 2.04 bits per heavy atom. The molecule has 1 atom stereocenters. The maximum Gasteiger partial charge on any atom is 0.227 e. The van der Waals surface area contributed by atoms with E-state index in [9.17, 15) is 14.0 Å². The van der Waals surface area contributed by atoms with Crippen LogP contribution < -0.4 is 15.0 Å². The van der Waals surface area contributed by atoms with Crippen molar-refractivity contribution in [3.05, 3.63) is 53.3 Å². The number of carbonyl (C=O) groups is 2. The summed E-state index contributed by atoms with van der Waals surface area (Å²) in [4.78, 5) is 26.0. The molecule has 2 aromatic carbocycles. The maximum atomic E-state index is 13.9. The molecule has 2 aliphatic heterocycles. The maximum absolute atomic E-state index is 13.9. The van der Waals surface area contributed by atoms with Gasteiger partial charge >= 0.3 is 0 Å². The van der Waals surface area contributed by atoms with Crippen LogP contribution in [0.25, 0.3) is 0 Å². The molecule has 0 aromatic heterocycles. The monoisotopic (exact) mass is 354 g/mol. The van der Waals surface area contributed by atoms with Crippen LogP contribution in [-0.2, 0) is 9.59 Å². The minimum atomic E-state index is -0.397. The zero-order chi connectivity index (χ0) is 18.3. The van der Waals surface area contributed by atoms with Gasteiger partial charge in [-0.3, -0.25) is 9.59 Å². The van der Waals surface area contributed by atoms with Crippen LogP contribution in [0, 0.1) is 5.82 Å². The molecular weight excluding hydrogens is 335 g/mol. The highest BCUT2D eigenvalue weighted by atomic mass is 19.1. The Labute approximate surface area is 150 Å². The van der Waals surface area contributed by atoms with Gasteiger partial charge in [-0.2, -0.15) is 0 Å². The highest BCUT2D eigenvalue weighted by molar-refractivity contribution is 5.99. The highest BCUT2D eigenvalue weighted by Gasteiger charge is 2.29. The third-order valence-electron chi connectivity index (χ3n) is 4.99. The summed E-state index contributed by atoms with van der Waals surface area (Å²) in [5, 5.41) is 2.88. The number of methoxy groups -OCH3 is 1. The van der Waals surface area contributed by atoms with Gasteiger partial charge in [0.05, 0.1) is 7.11 Å². The van der Waals surface area contributed by atoms with Crippen molar-refractivity contribution in [1.82, 2.24) is 0 Å². The van der Waals surface area contributed by atoms with Gasteiger partial charge in [0.15, 0.2) is 0 Å². The minimum absolute atomic E-state index is 0.0958. The number of benzene rings is 2. The predicted octanol–water partition coefficient (Wildman–Crippen LogP) is 3.44. The third kappa shape index (κ3) is 2.92. The Morgan fingerprint density at radius 1 is 1.19 bits per heavy atom. The number of hydrogen-bond donors (Lipinski definition) is 1. The summed E-state index contributed by atoms with van der Waals surface area (Å²) in [7, 11) is 1.49. The smallest absolute Gasteiger partial charge is 0.227 e. The fourth-order valence-corrected chi connectivity index (χ4v) is 3.74. The Kier molecular flexibility index (Phi) is 4.11. The van der Waals surface area contributed by atoms with E-state index in [1.165, 1.54) is 19.2 Å². The molecule has 1 N–H and O–H groups in total. The number of anilines is 2. The lowest BCUT2D eigenvalue weighted by molar-refractivity contribution is -0.117. The number of nitrogens with zero attached hydrogens (tertiary/aromatic N) is 1. The van der Waals surface area contributed by atoms with E-state index in [0.29, 0.717) is 30.0 Å². The average Bonchev–Trinajstić information content (AvgIpc) is 3.05. The molecule has 26 heavy (non-hydrogen) atoms. The molecule has 0 radical (unpaired) electrons. The second-order valence-electron chi connectivity index (χ2n) is 6.65. The average molecular weight is 354 g/mol. The normalized spacial score (nSPS) is 19.3. The summed E-state index contributed by atoms with van der Waals surface area (Å²) in [5.41, 5.74) is 3.06. The minimum Gasteiger partial charge on any atom is -0.497 e. The van der Waals surface area contributed by atoms with Crippen molar-refractivity contribution in [2.45, 2.75) is 25.2 Å². The quantitative estimate of drug-likeness (QED) is 0.919. The fourth-order valence-electron chi connectivity index (χ4n) is 3.74. The molecule has 2 aliphatic rings. The first-order valence-corrected chi connectivity index (χ1v) is 8.64. The van der Waals surface area contributed by atoms with E-state index in [-0.39, 0.29) is 24.2 Å². The van der Waals surface area contributed by atoms with Crippen molar-refractivity contribution >= 4 is 23.2 Å². The number of hydrogen-bond acceptors (Lipinski definition) is 3. The second-order valence-corrected chi connectivity index (χ2v) is 6.65. The van der Waals surface area contributed by atoms with Gasteiger partial charge in [-0.1, -0.05) is 6.07 Å². The Balaban J connectivity index is 1.75. The molecule has 1 saturated heterocycles. The summed E-state index contributed by atoms with van der Waals surface area (Å²) in [6, 6.07) is 10.1.